The first-order valence-corrected chi connectivity index (χ1v) is 7.70. The van der Waals surface area contributed by atoms with Crippen molar-refractivity contribution in [3.63, 3.8) is 0 Å². The molecule has 0 spiro atoms. The second-order valence-electron chi connectivity index (χ2n) is 5.64. The average molecular weight is 290 g/mol. The number of hydrogen-bond acceptors (Lipinski definition) is 4. The maximum atomic E-state index is 12.1. The standard InChI is InChI=1S/C16H22N2O3/c19-16(18-10-7-12-5-8-17-9-6-12)15-11-20-13-3-1-2-4-14(13)21-15/h1-4,12,15,17H,5-11H2,(H,18,19). The second kappa shape index (κ2) is 6.80. The van der Waals surface area contributed by atoms with Crippen LogP contribution in [0.5, 0.6) is 11.5 Å². The maximum absolute atomic E-state index is 12.1. The van der Waals surface area contributed by atoms with Crippen molar-refractivity contribution in [2.45, 2.75) is 25.4 Å². The first-order chi connectivity index (χ1) is 10.3. The summed E-state index contributed by atoms with van der Waals surface area (Å²) in [6.45, 7) is 3.17. The molecule has 114 valence electrons. The van der Waals surface area contributed by atoms with Gasteiger partial charge in [0.15, 0.2) is 11.5 Å². The Morgan fingerprint density at radius 2 is 2.00 bits per heavy atom. The zero-order valence-electron chi connectivity index (χ0n) is 12.1. The molecule has 5 nitrogen and oxygen atoms in total. The van der Waals surface area contributed by atoms with E-state index in [0.717, 1.165) is 25.4 Å². The molecule has 2 N–H and O–H groups in total. The highest BCUT2D eigenvalue weighted by atomic mass is 16.6. The highest BCUT2D eigenvalue weighted by molar-refractivity contribution is 5.81. The molecule has 5 heteroatoms. The minimum atomic E-state index is -0.548. The summed E-state index contributed by atoms with van der Waals surface area (Å²) in [7, 11) is 0. The summed E-state index contributed by atoms with van der Waals surface area (Å²) in [5, 5.41) is 6.32. The first-order valence-electron chi connectivity index (χ1n) is 7.70. The fourth-order valence-corrected chi connectivity index (χ4v) is 2.83. The van der Waals surface area contributed by atoms with Gasteiger partial charge in [0.2, 0.25) is 6.10 Å². The molecule has 0 bridgehead atoms. The van der Waals surface area contributed by atoms with Crippen LogP contribution in [-0.2, 0) is 4.79 Å². The normalized spacial score (nSPS) is 21.8. The Labute approximate surface area is 125 Å². The Bertz CT molecular complexity index is 486. The molecule has 2 heterocycles. The Hall–Kier alpha value is -1.75. The molecule has 1 saturated heterocycles. The molecule has 2 aliphatic heterocycles. The number of nitrogens with one attached hydrogen (secondary N) is 2. The fraction of sp³-hybridized carbons (Fsp3) is 0.562. The lowest BCUT2D eigenvalue weighted by Crippen LogP contribution is -2.44. The molecule has 0 aliphatic carbocycles. The number of carbonyl (C=O) groups excluding carboxylic acids is 1. The van der Waals surface area contributed by atoms with Crippen molar-refractivity contribution >= 4 is 5.91 Å². The fourth-order valence-electron chi connectivity index (χ4n) is 2.83. The summed E-state index contributed by atoms with van der Waals surface area (Å²) < 4.78 is 11.2. The topological polar surface area (TPSA) is 59.6 Å². The van der Waals surface area contributed by atoms with Crippen LogP contribution in [0.4, 0.5) is 0 Å². The largest absolute Gasteiger partial charge is 0.485 e. The van der Waals surface area contributed by atoms with Crippen molar-refractivity contribution < 1.29 is 14.3 Å². The van der Waals surface area contributed by atoms with Gasteiger partial charge in [-0.1, -0.05) is 12.1 Å². The number of amides is 1. The van der Waals surface area contributed by atoms with Crippen molar-refractivity contribution in [1.29, 1.82) is 0 Å². The van der Waals surface area contributed by atoms with E-state index in [0.29, 0.717) is 18.0 Å². The predicted octanol–water partition coefficient (Wildman–Crippen LogP) is 1.33. The number of piperidine rings is 1. The Kier molecular flexibility index (Phi) is 4.60. The van der Waals surface area contributed by atoms with E-state index < -0.39 is 6.10 Å². The predicted molar refractivity (Wildman–Crippen MR) is 79.6 cm³/mol. The van der Waals surface area contributed by atoms with Gasteiger partial charge in [0, 0.05) is 6.54 Å². The zero-order chi connectivity index (χ0) is 14.5. The first kappa shape index (κ1) is 14.2. The van der Waals surface area contributed by atoms with Gasteiger partial charge in [-0.3, -0.25) is 4.79 Å². The molecule has 0 radical (unpaired) electrons. The lowest BCUT2D eigenvalue weighted by Gasteiger charge is -2.26. The molecule has 21 heavy (non-hydrogen) atoms. The number of rotatable bonds is 4. The lowest BCUT2D eigenvalue weighted by atomic mass is 9.95. The SMILES string of the molecule is O=C(NCCC1CCNCC1)C1COc2ccccc2O1. The minimum Gasteiger partial charge on any atom is -0.485 e. The van der Waals surface area contributed by atoms with Crippen LogP contribution < -0.4 is 20.1 Å². The van der Waals surface area contributed by atoms with Gasteiger partial charge in [-0.05, 0) is 50.4 Å². The van der Waals surface area contributed by atoms with E-state index in [1.54, 1.807) is 0 Å². The third kappa shape index (κ3) is 3.67. The van der Waals surface area contributed by atoms with Crippen molar-refractivity contribution in [3.05, 3.63) is 24.3 Å². The van der Waals surface area contributed by atoms with Gasteiger partial charge in [0.1, 0.15) is 6.61 Å². The van der Waals surface area contributed by atoms with E-state index in [9.17, 15) is 4.79 Å². The summed E-state index contributed by atoms with van der Waals surface area (Å²) in [6.07, 6.45) is 2.89. The molecular weight excluding hydrogens is 268 g/mol. The van der Waals surface area contributed by atoms with E-state index >= 15 is 0 Å². The molecule has 0 aromatic heterocycles. The molecular formula is C16H22N2O3. The Balaban J connectivity index is 1.44. The van der Waals surface area contributed by atoms with Crippen LogP contribution in [0.25, 0.3) is 0 Å². The van der Waals surface area contributed by atoms with Gasteiger partial charge in [-0.25, -0.2) is 0 Å². The number of hydrogen-bond donors (Lipinski definition) is 2. The lowest BCUT2D eigenvalue weighted by molar-refractivity contribution is -0.130. The monoisotopic (exact) mass is 290 g/mol. The molecule has 1 amide bonds. The maximum Gasteiger partial charge on any atom is 0.264 e. The number of benzene rings is 1. The number of ether oxygens (including phenoxy) is 2. The van der Waals surface area contributed by atoms with E-state index in [-0.39, 0.29) is 12.5 Å². The van der Waals surface area contributed by atoms with E-state index in [2.05, 4.69) is 10.6 Å². The molecule has 1 fully saturated rings. The van der Waals surface area contributed by atoms with Crippen molar-refractivity contribution in [2.75, 3.05) is 26.2 Å². The van der Waals surface area contributed by atoms with Gasteiger partial charge in [0.25, 0.3) is 5.91 Å². The summed E-state index contributed by atoms with van der Waals surface area (Å²) in [5.41, 5.74) is 0. The highest BCUT2D eigenvalue weighted by Crippen LogP contribution is 2.30. The molecule has 1 aromatic rings. The van der Waals surface area contributed by atoms with Crippen molar-refractivity contribution in [1.82, 2.24) is 10.6 Å². The Morgan fingerprint density at radius 1 is 1.24 bits per heavy atom. The van der Waals surface area contributed by atoms with Gasteiger partial charge in [-0.2, -0.15) is 0 Å². The van der Waals surface area contributed by atoms with Crippen LogP contribution in [0.3, 0.4) is 0 Å². The summed E-state index contributed by atoms with van der Waals surface area (Å²) >= 11 is 0. The third-order valence-electron chi connectivity index (χ3n) is 4.11. The third-order valence-corrected chi connectivity index (χ3v) is 4.11. The molecule has 1 atom stereocenters. The molecule has 3 rings (SSSR count). The Morgan fingerprint density at radius 3 is 2.81 bits per heavy atom. The van der Waals surface area contributed by atoms with Gasteiger partial charge >= 0.3 is 0 Å². The van der Waals surface area contributed by atoms with Gasteiger partial charge in [-0.15, -0.1) is 0 Å². The summed E-state index contributed by atoms with van der Waals surface area (Å²) in [4.78, 5) is 12.1. The van der Waals surface area contributed by atoms with Crippen LogP contribution in [-0.4, -0.2) is 38.3 Å². The quantitative estimate of drug-likeness (QED) is 0.878. The average Bonchev–Trinajstić information content (AvgIpc) is 2.55. The molecule has 0 saturated carbocycles. The molecule has 2 aliphatic rings. The van der Waals surface area contributed by atoms with Crippen molar-refractivity contribution in [2.24, 2.45) is 5.92 Å². The number of para-hydroxylation sites is 2. The van der Waals surface area contributed by atoms with Crippen LogP contribution >= 0.6 is 0 Å². The van der Waals surface area contributed by atoms with E-state index in [4.69, 9.17) is 9.47 Å². The number of fused-ring (bicyclic) bond motifs is 1. The minimum absolute atomic E-state index is 0.0848. The van der Waals surface area contributed by atoms with Crippen LogP contribution in [0.2, 0.25) is 0 Å². The van der Waals surface area contributed by atoms with Crippen LogP contribution in [0.15, 0.2) is 24.3 Å². The highest BCUT2D eigenvalue weighted by Gasteiger charge is 2.27. The molecule has 1 aromatic carbocycles. The van der Waals surface area contributed by atoms with Crippen molar-refractivity contribution in [3.8, 4) is 11.5 Å². The summed E-state index contributed by atoms with van der Waals surface area (Å²) in [6, 6.07) is 7.44. The number of carbonyl (C=O) groups is 1. The van der Waals surface area contributed by atoms with Gasteiger partial charge in [0.05, 0.1) is 0 Å². The van der Waals surface area contributed by atoms with Gasteiger partial charge < -0.3 is 20.1 Å². The van der Waals surface area contributed by atoms with Crippen LogP contribution in [0.1, 0.15) is 19.3 Å². The molecule has 1 unspecified atom stereocenters. The second-order valence-corrected chi connectivity index (χ2v) is 5.64. The van der Waals surface area contributed by atoms with E-state index in [1.807, 2.05) is 24.3 Å². The van der Waals surface area contributed by atoms with E-state index in [1.165, 1.54) is 12.8 Å². The summed E-state index contributed by atoms with van der Waals surface area (Å²) in [5.74, 6) is 1.98. The zero-order valence-corrected chi connectivity index (χ0v) is 12.1. The smallest absolute Gasteiger partial charge is 0.264 e. The van der Waals surface area contributed by atoms with Crippen LogP contribution in [0, 0.1) is 5.92 Å².